The average Bonchev–Trinajstić information content (AvgIpc) is 2.83. The van der Waals surface area contributed by atoms with Crippen LogP contribution < -0.4 is 9.66 Å². The lowest BCUT2D eigenvalue weighted by Gasteiger charge is -2.12. The summed E-state index contributed by atoms with van der Waals surface area (Å²) in [4.78, 5) is 4.39. The molecular formula is C25H28N4O5S2. The van der Waals surface area contributed by atoms with Gasteiger partial charge in [-0.3, -0.25) is 0 Å². The van der Waals surface area contributed by atoms with Crippen molar-refractivity contribution in [2.45, 2.75) is 32.3 Å². The molecule has 0 amide bonds. The van der Waals surface area contributed by atoms with Crippen LogP contribution in [0.15, 0.2) is 83.0 Å². The zero-order valence-corrected chi connectivity index (χ0v) is 21.8. The van der Waals surface area contributed by atoms with Gasteiger partial charge in [-0.1, -0.05) is 60.7 Å². The van der Waals surface area contributed by atoms with Gasteiger partial charge < -0.3 is 5.11 Å². The standard InChI is InChI=1S/C25H28N4O5S2/c1-18-14-23(19(2)26-28-35(31,32)16-21-10-6-4-7-11-21)25(30)24(15-18)20(3)27-29-36(33,34)17-22-12-8-5-9-13-22/h4-15,28-30H,16-17H2,1-3H3. The smallest absolute Gasteiger partial charge is 0.251 e. The molecule has 0 saturated carbocycles. The highest BCUT2D eigenvalue weighted by Crippen LogP contribution is 2.26. The van der Waals surface area contributed by atoms with E-state index >= 15 is 0 Å². The molecule has 36 heavy (non-hydrogen) atoms. The predicted octanol–water partition coefficient (Wildman–Crippen LogP) is 3.39. The molecule has 9 nitrogen and oxygen atoms in total. The molecule has 0 saturated heterocycles. The van der Waals surface area contributed by atoms with E-state index in [-0.39, 0.29) is 39.8 Å². The fourth-order valence-corrected chi connectivity index (χ4v) is 5.32. The molecule has 3 N–H and O–H groups in total. The zero-order valence-electron chi connectivity index (χ0n) is 20.1. The summed E-state index contributed by atoms with van der Waals surface area (Å²) in [6, 6.07) is 20.7. The minimum Gasteiger partial charge on any atom is -0.507 e. The molecule has 0 radical (unpaired) electrons. The van der Waals surface area contributed by atoms with Gasteiger partial charge in [0.05, 0.1) is 22.9 Å². The third kappa shape index (κ3) is 7.65. The first-order chi connectivity index (χ1) is 17.0. The Morgan fingerprint density at radius 1 is 0.722 bits per heavy atom. The molecule has 0 heterocycles. The number of hydrogen-bond donors (Lipinski definition) is 3. The van der Waals surface area contributed by atoms with Crippen molar-refractivity contribution in [3.05, 3.63) is 101 Å². The van der Waals surface area contributed by atoms with Crippen LogP contribution in [0.25, 0.3) is 0 Å². The molecule has 3 aromatic carbocycles. The van der Waals surface area contributed by atoms with Crippen molar-refractivity contribution < 1.29 is 21.9 Å². The van der Waals surface area contributed by atoms with Crippen LogP contribution >= 0.6 is 0 Å². The van der Waals surface area contributed by atoms with Crippen LogP contribution in [-0.4, -0.2) is 33.4 Å². The monoisotopic (exact) mass is 528 g/mol. The Hall–Kier alpha value is -3.70. The van der Waals surface area contributed by atoms with Crippen LogP contribution in [-0.2, 0) is 31.6 Å². The van der Waals surface area contributed by atoms with Crippen molar-refractivity contribution >= 4 is 31.5 Å². The maximum absolute atomic E-state index is 12.4. The van der Waals surface area contributed by atoms with E-state index in [2.05, 4.69) is 19.9 Å². The van der Waals surface area contributed by atoms with Crippen LogP contribution in [0.2, 0.25) is 0 Å². The second kappa shape index (κ2) is 11.4. The van der Waals surface area contributed by atoms with Gasteiger partial charge in [0, 0.05) is 11.1 Å². The van der Waals surface area contributed by atoms with E-state index in [4.69, 9.17) is 0 Å². The average molecular weight is 529 g/mol. The summed E-state index contributed by atoms with van der Waals surface area (Å²) < 4.78 is 49.6. The first-order valence-corrected chi connectivity index (χ1v) is 14.3. The Morgan fingerprint density at radius 2 is 1.08 bits per heavy atom. The number of sulfonamides is 2. The summed E-state index contributed by atoms with van der Waals surface area (Å²) in [5, 5.41) is 18.8. The fraction of sp³-hybridized carbons (Fsp3) is 0.200. The predicted molar refractivity (Wildman–Crippen MR) is 142 cm³/mol. The second-order valence-electron chi connectivity index (χ2n) is 8.28. The molecule has 0 aromatic heterocycles. The lowest BCUT2D eigenvalue weighted by molar-refractivity contribution is 0.472. The minimum absolute atomic E-state index is 0.201. The summed E-state index contributed by atoms with van der Waals surface area (Å²) in [7, 11) is -7.52. The fourth-order valence-electron chi connectivity index (χ4n) is 3.38. The van der Waals surface area contributed by atoms with Gasteiger partial charge in [0.1, 0.15) is 5.75 Å². The number of aryl methyl sites for hydroxylation is 1. The molecule has 0 spiro atoms. The molecule has 0 aliphatic rings. The van der Waals surface area contributed by atoms with Crippen LogP contribution in [0.3, 0.4) is 0 Å². The summed E-state index contributed by atoms with van der Waals surface area (Å²) >= 11 is 0. The lowest BCUT2D eigenvalue weighted by Crippen LogP contribution is -2.22. The van der Waals surface area contributed by atoms with Crippen molar-refractivity contribution in [3.63, 3.8) is 0 Å². The number of benzene rings is 3. The lowest BCUT2D eigenvalue weighted by atomic mass is 9.99. The SMILES string of the molecule is CC(=NNS(=O)(=O)Cc1ccccc1)c1cc(C)cc(C(C)=NNS(=O)(=O)Cc2ccccc2)c1O. The number of nitrogens with zero attached hydrogens (tertiary/aromatic N) is 2. The van der Waals surface area contributed by atoms with Crippen molar-refractivity contribution in [3.8, 4) is 5.75 Å². The third-order valence-electron chi connectivity index (χ3n) is 5.14. The maximum atomic E-state index is 12.4. The number of nitrogens with one attached hydrogen (secondary N) is 2. The van der Waals surface area contributed by atoms with E-state index in [1.54, 1.807) is 93.6 Å². The first-order valence-electron chi connectivity index (χ1n) is 11.0. The Kier molecular flexibility index (Phi) is 8.49. The van der Waals surface area contributed by atoms with Crippen LogP contribution in [0.4, 0.5) is 0 Å². The molecule has 0 fully saturated rings. The Labute approximate surface area is 211 Å². The van der Waals surface area contributed by atoms with Crippen LogP contribution in [0.5, 0.6) is 5.75 Å². The highest BCUT2D eigenvalue weighted by Gasteiger charge is 2.17. The Balaban J connectivity index is 1.79. The number of aromatic hydroxyl groups is 1. The highest BCUT2D eigenvalue weighted by molar-refractivity contribution is 7.88. The molecule has 0 bridgehead atoms. The Bertz CT molecular complexity index is 1380. The molecule has 0 atom stereocenters. The highest BCUT2D eigenvalue weighted by atomic mass is 32.2. The van der Waals surface area contributed by atoms with Gasteiger partial charge in [0.25, 0.3) is 20.0 Å². The first kappa shape index (κ1) is 26.9. The van der Waals surface area contributed by atoms with E-state index in [1.807, 2.05) is 0 Å². The Morgan fingerprint density at radius 3 is 1.44 bits per heavy atom. The normalized spacial score (nSPS) is 12.9. The summed E-state index contributed by atoms with van der Waals surface area (Å²) in [5.74, 6) is -0.692. The minimum atomic E-state index is -3.76. The van der Waals surface area contributed by atoms with Gasteiger partial charge in [0.2, 0.25) is 0 Å². The molecule has 0 aliphatic heterocycles. The van der Waals surface area contributed by atoms with Crippen molar-refractivity contribution in [2.24, 2.45) is 10.2 Å². The summed E-state index contributed by atoms with van der Waals surface area (Å²) in [6.45, 7) is 4.89. The van der Waals surface area contributed by atoms with Crippen LogP contribution in [0.1, 0.15) is 41.7 Å². The van der Waals surface area contributed by atoms with E-state index in [1.165, 1.54) is 0 Å². The molecule has 190 valence electrons. The third-order valence-corrected chi connectivity index (χ3v) is 7.30. The summed E-state index contributed by atoms with van der Waals surface area (Å²) in [6.07, 6.45) is 0. The van der Waals surface area contributed by atoms with Gasteiger partial charge in [-0.25, -0.2) is 26.5 Å². The van der Waals surface area contributed by atoms with Gasteiger partial charge in [-0.05, 0) is 49.6 Å². The van der Waals surface area contributed by atoms with E-state index in [0.29, 0.717) is 11.1 Å². The number of phenols is 1. The van der Waals surface area contributed by atoms with Crippen molar-refractivity contribution in [1.82, 2.24) is 9.66 Å². The quantitative estimate of drug-likeness (QED) is 0.274. The van der Waals surface area contributed by atoms with Crippen molar-refractivity contribution in [2.75, 3.05) is 0 Å². The molecule has 3 aromatic rings. The van der Waals surface area contributed by atoms with Gasteiger partial charge >= 0.3 is 0 Å². The van der Waals surface area contributed by atoms with E-state index in [9.17, 15) is 21.9 Å². The van der Waals surface area contributed by atoms with E-state index < -0.39 is 20.0 Å². The van der Waals surface area contributed by atoms with Gasteiger partial charge in [-0.2, -0.15) is 10.2 Å². The molecule has 0 unspecified atom stereocenters. The maximum Gasteiger partial charge on any atom is 0.251 e. The van der Waals surface area contributed by atoms with Crippen LogP contribution in [0, 0.1) is 6.92 Å². The number of hydrogen-bond acceptors (Lipinski definition) is 7. The zero-order chi connectivity index (χ0) is 26.3. The number of hydrazone groups is 2. The summed E-state index contributed by atoms with van der Waals surface area (Å²) in [5.41, 5.74) is 2.99. The van der Waals surface area contributed by atoms with E-state index in [0.717, 1.165) is 5.56 Å². The molecule has 11 heteroatoms. The second-order valence-corrected chi connectivity index (χ2v) is 11.7. The van der Waals surface area contributed by atoms with Gasteiger partial charge in [-0.15, -0.1) is 0 Å². The molecule has 0 aliphatic carbocycles. The van der Waals surface area contributed by atoms with Gasteiger partial charge in [0.15, 0.2) is 0 Å². The topological polar surface area (TPSA) is 137 Å². The number of rotatable bonds is 10. The molecular weight excluding hydrogens is 500 g/mol. The van der Waals surface area contributed by atoms with Crippen molar-refractivity contribution in [1.29, 1.82) is 0 Å². The number of phenolic OH excluding ortho intramolecular Hbond substituents is 1. The largest absolute Gasteiger partial charge is 0.507 e. The molecule has 3 rings (SSSR count).